The first-order valence-corrected chi connectivity index (χ1v) is 5.68. The predicted molar refractivity (Wildman–Crippen MR) is 62.7 cm³/mol. The molecular weight excluding hydrogens is 222 g/mol. The van der Waals surface area contributed by atoms with Gasteiger partial charge in [-0.15, -0.1) is 0 Å². The number of aliphatic hydroxyl groups is 1. The van der Waals surface area contributed by atoms with Gasteiger partial charge in [0.25, 0.3) is 5.69 Å². The smallest absolute Gasteiger partial charge is 0.274 e. The molecule has 1 aromatic rings. The van der Waals surface area contributed by atoms with Gasteiger partial charge < -0.3 is 10.4 Å². The molecule has 0 bridgehead atoms. The Morgan fingerprint density at radius 1 is 1.59 bits per heavy atom. The van der Waals surface area contributed by atoms with Crippen LogP contribution in [0, 0.1) is 16.0 Å². The van der Waals surface area contributed by atoms with Crippen LogP contribution in [0.15, 0.2) is 18.3 Å². The number of pyridine rings is 1. The van der Waals surface area contributed by atoms with Crippen molar-refractivity contribution in [2.24, 2.45) is 5.92 Å². The third kappa shape index (κ3) is 2.71. The molecule has 1 aromatic heterocycles. The highest BCUT2D eigenvalue weighted by atomic mass is 16.6. The second-order valence-corrected chi connectivity index (χ2v) is 4.28. The second-order valence-electron chi connectivity index (χ2n) is 4.28. The highest BCUT2D eigenvalue weighted by Crippen LogP contribution is 2.28. The van der Waals surface area contributed by atoms with Gasteiger partial charge in [-0.05, 0) is 12.8 Å². The van der Waals surface area contributed by atoms with E-state index in [1.807, 2.05) is 0 Å². The van der Waals surface area contributed by atoms with Crippen LogP contribution in [0.1, 0.15) is 19.3 Å². The maximum Gasteiger partial charge on any atom is 0.274 e. The molecule has 0 amide bonds. The Morgan fingerprint density at radius 3 is 3.12 bits per heavy atom. The fraction of sp³-hybridized carbons (Fsp3) is 0.545. The normalized spacial score (nSPS) is 23.6. The van der Waals surface area contributed by atoms with Gasteiger partial charge in [0.05, 0.1) is 11.0 Å². The lowest BCUT2D eigenvalue weighted by Gasteiger charge is -2.19. The van der Waals surface area contributed by atoms with Gasteiger partial charge in [-0.2, -0.15) is 0 Å². The molecule has 2 N–H and O–H groups in total. The zero-order valence-electron chi connectivity index (χ0n) is 9.37. The maximum atomic E-state index is 10.6. The molecule has 0 radical (unpaired) electrons. The highest BCUT2D eigenvalue weighted by Gasteiger charge is 2.26. The number of hydrogen-bond donors (Lipinski definition) is 2. The highest BCUT2D eigenvalue weighted by molar-refractivity contribution is 5.45. The lowest BCUT2D eigenvalue weighted by Crippen LogP contribution is -2.26. The number of aliphatic hydroxyl groups excluding tert-OH is 1. The number of anilines is 1. The summed E-state index contributed by atoms with van der Waals surface area (Å²) in [5, 5.41) is 23.0. The van der Waals surface area contributed by atoms with Crippen molar-refractivity contribution in [3.63, 3.8) is 0 Å². The summed E-state index contributed by atoms with van der Waals surface area (Å²) in [5.41, 5.74) is 0.0287. The third-order valence-electron chi connectivity index (χ3n) is 3.18. The molecule has 1 saturated carbocycles. The number of aromatic nitrogens is 1. The van der Waals surface area contributed by atoms with Gasteiger partial charge in [-0.1, -0.05) is 6.42 Å². The van der Waals surface area contributed by atoms with Crippen LogP contribution in [-0.4, -0.2) is 27.7 Å². The molecule has 1 heterocycles. The number of rotatable bonds is 4. The van der Waals surface area contributed by atoms with Gasteiger partial charge in [-0.25, -0.2) is 4.98 Å². The zero-order valence-corrected chi connectivity index (χ0v) is 9.37. The quantitative estimate of drug-likeness (QED) is 0.612. The van der Waals surface area contributed by atoms with E-state index < -0.39 is 4.92 Å². The summed E-state index contributed by atoms with van der Waals surface area (Å²) in [4.78, 5) is 14.2. The van der Waals surface area contributed by atoms with Gasteiger partial charge in [0.15, 0.2) is 0 Å². The molecule has 17 heavy (non-hydrogen) atoms. The molecule has 1 fully saturated rings. The molecule has 1 aliphatic rings. The van der Waals surface area contributed by atoms with E-state index in [-0.39, 0.29) is 24.3 Å². The second kappa shape index (κ2) is 5.09. The lowest BCUT2D eigenvalue weighted by molar-refractivity contribution is -0.384. The molecule has 0 spiro atoms. The minimum Gasteiger partial charge on any atom is -0.396 e. The Labute approximate surface area is 98.8 Å². The van der Waals surface area contributed by atoms with Crippen LogP contribution in [0.4, 0.5) is 11.5 Å². The molecule has 2 atom stereocenters. The Kier molecular flexibility index (Phi) is 3.53. The van der Waals surface area contributed by atoms with Crippen molar-refractivity contribution in [3.05, 3.63) is 28.4 Å². The van der Waals surface area contributed by atoms with Crippen LogP contribution < -0.4 is 5.32 Å². The van der Waals surface area contributed by atoms with Gasteiger partial charge in [0.2, 0.25) is 0 Å². The van der Waals surface area contributed by atoms with Crippen molar-refractivity contribution in [3.8, 4) is 0 Å². The molecule has 6 heteroatoms. The van der Waals surface area contributed by atoms with E-state index in [0.717, 1.165) is 19.3 Å². The summed E-state index contributed by atoms with van der Waals surface area (Å²) in [7, 11) is 0. The van der Waals surface area contributed by atoms with Crippen LogP contribution in [0.5, 0.6) is 0 Å². The number of nitro groups is 1. The summed E-state index contributed by atoms with van der Waals surface area (Å²) in [6, 6.07) is 2.95. The molecule has 92 valence electrons. The topological polar surface area (TPSA) is 88.3 Å². The monoisotopic (exact) mass is 237 g/mol. The van der Waals surface area contributed by atoms with Crippen molar-refractivity contribution in [1.29, 1.82) is 0 Å². The van der Waals surface area contributed by atoms with Crippen molar-refractivity contribution < 1.29 is 10.0 Å². The minimum atomic E-state index is -0.439. The fourth-order valence-corrected chi connectivity index (χ4v) is 2.25. The van der Waals surface area contributed by atoms with E-state index in [9.17, 15) is 15.2 Å². The fourth-order valence-electron chi connectivity index (χ4n) is 2.25. The molecule has 0 aromatic carbocycles. The number of nitrogens with zero attached hydrogens (tertiary/aromatic N) is 2. The molecule has 0 saturated heterocycles. The molecule has 1 aliphatic carbocycles. The van der Waals surface area contributed by atoms with Gasteiger partial charge >= 0.3 is 0 Å². The molecular formula is C11H15N3O3. The van der Waals surface area contributed by atoms with Crippen LogP contribution in [-0.2, 0) is 0 Å². The minimum absolute atomic E-state index is 0.0287. The summed E-state index contributed by atoms with van der Waals surface area (Å²) in [6.07, 6.45) is 4.44. The molecule has 2 unspecified atom stereocenters. The standard InChI is InChI=1S/C11H15N3O3/c15-7-8-2-1-3-10(8)13-11-6-9(14(16)17)4-5-12-11/h4-6,8,10,15H,1-3,7H2,(H,12,13). The van der Waals surface area contributed by atoms with Crippen LogP contribution in [0.3, 0.4) is 0 Å². The van der Waals surface area contributed by atoms with Gasteiger partial charge in [0.1, 0.15) is 5.82 Å². The van der Waals surface area contributed by atoms with E-state index >= 15 is 0 Å². The Morgan fingerprint density at radius 2 is 2.41 bits per heavy atom. The zero-order chi connectivity index (χ0) is 12.3. The Bertz CT molecular complexity index is 411. The van der Waals surface area contributed by atoms with Crippen LogP contribution in [0.25, 0.3) is 0 Å². The van der Waals surface area contributed by atoms with E-state index in [0.29, 0.717) is 5.82 Å². The first-order chi connectivity index (χ1) is 8.20. The predicted octanol–water partition coefficient (Wildman–Crippen LogP) is 1.56. The van der Waals surface area contributed by atoms with Gasteiger partial charge in [-0.3, -0.25) is 10.1 Å². The lowest BCUT2D eigenvalue weighted by atomic mass is 10.1. The van der Waals surface area contributed by atoms with Crippen molar-refractivity contribution in [1.82, 2.24) is 4.98 Å². The van der Waals surface area contributed by atoms with Crippen molar-refractivity contribution in [2.45, 2.75) is 25.3 Å². The SMILES string of the molecule is O=[N+]([O-])c1ccnc(NC2CCCC2CO)c1. The Hall–Kier alpha value is -1.69. The number of hydrogen-bond acceptors (Lipinski definition) is 5. The van der Waals surface area contributed by atoms with Crippen LogP contribution in [0.2, 0.25) is 0 Å². The average molecular weight is 237 g/mol. The van der Waals surface area contributed by atoms with E-state index in [1.165, 1.54) is 18.3 Å². The van der Waals surface area contributed by atoms with E-state index in [2.05, 4.69) is 10.3 Å². The average Bonchev–Trinajstić information content (AvgIpc) is 2.76. The summed E-state index contributed by atoms with van der Waals surface area (Å²) >= 11 is 0. The largest absolute Gasteiger partial charge is 0.396 e. The van der Waals surface area contributed by atoms with Crippen LogP contribution >= 0.6 is 0 Å². The summed E-state index contributed by atoms with van der Waals surface area (Å²) in [5.74, 6) is 0.723. The number of nitrogens with one attached hydrogen (secondary N) is 1. The van der Waals surface area contributed by atoms with Crippen molar-refractivity contribution in [2.75, 3.05) is 11.9 Å². The molecule has 6 nitrogen and oxygen atoms in total. The van der Waals surface area contributed by atoms with E-state index in [1.54, 1.807) is 0 Å². The summed E-state index contributed by atoms with van der Waals surface area (Å²) < 4.78 is 0. The Balaban J connectivity index is 2.07. The van der Waals surface area contributed by atoms with Gasteiger partial charge in [0, 0.05) is 30.8 Å². The third-order valence-corrected chi connectivity index (χ3v) is 3.18. The van der Waals surface area contributed by atoms with Crippen molar-refractivity contribution >= 4 is 11.5 Å². The first-order valence-electron chi connectivity index (χ1n) is 5.68. The summed E-state index contributed by atoms with van der Waals surface area (Å²) in [6.45, 7) is 0.145. The maximum absolute atomic E-state index is 10.6. The first kappa shape index (κ1) is 11.8. The molecule has 0 aliphatic heterocycles. The van der Waals surface area contributed by atoms with E-state index in [4.69, 9.17) is 0 Å². The molecule has 2 rings (SSSR count).